The number of rotatable bonds is 13. The van der Waals surface area contributed by atoms with Crippen LogP contribution in [0.5, 0.6) is 0 Å². The number of nitrogens with one attached hydrogen (secondary N) is 2. The zero-order chi connectivity index (χ0) is 22.9. The highest BCUT2D eigenvalue weighted by Gasteiger charge is 2.22. The van der Waals surface area contributed by atoms with Crippen molar-refractivity contribution in [1.82, 2.24) is 10.6 Å². The molecule has 0 saturated heterocycles. The van der Waals surface area contributed by atoms with E-state index in [1.54, 1.807) is 0 Å². The third kappa shape index (κ3) is 12.1. The molecule has 0 aliphatic carbocycles. The smallest absolute Gasteiger partial charge is 0.0323 e. The first kappa shape index (κ1) is 27.1. The second-order valence-corrected chi connectivity index (χ2v) is 12.0. The molecule has 3 nitrogen and oxygen atoms in total. The molecule has 0 heterocycles. The summed E-state index contributed by atoms with van der Waals surface area (Å²) >= 11 is 0. The van der Waals surface area contributed by atoms with Gasteiger partial charge in [-0.05, 0) is 67.9 Å². The van der Waals surface area contributed by atoms with Crippen LogP contribution >= 0.6 is 0 Å². The van der Waals surface area contributed by atoms with Gasteiger partial charge in [0.15, 0.2) is 0 Å². The molecule has 0 aliphatic rings. The molecule has 0 saturated carbocycles. The van der Waals surface area contributed by atoms with Gasteiger partial charge in [-0.2, -0.15) is 0 Å². The van der Waals surface area contributed by atoms with Crippen LogP contribution in [0, 0.1) is 17.3 Å². The van der Waals surface area contributed by atoms with Crippen LogP contribution in [0.1, 0.15) is 98.7 Å². The van der Waals surface area contributed by atoms with Crippen molar-refractivity contribution < 1.29 is 0 Å². The second-order valence-electron chi connectivity index (χ2n) is 12.0. The molecule has 30 heavy (non-hydrogen) atoms. The Morgan fingerprint density at radius 1 is 0.867 bits per heavy atom. The Hall–Kier alpha value is -0.900. The van der Waals surface area contributed by atoms with Gasteiger partial charge in [-0.25, -0.2) is 0 Å². The molecule has 0 amide bonds. The van der Waals surface area contributed by atoms with Crippen LogP contribution < -0.4 is 16.4 Å². The van der Waals surface area contributed by atoms with E-state index in [9.17, 15) is 0 Å². The Morgan fingerprint density at radius 2 is 1.43 bits per heavy atom. The van der Waals surface area contributed by atoms with E-state index in [1.807, 2.05) is 0 Å². The fraction of sp³-hybridized carbons (Fsp3) is 0.778. The third-order valence-corrected chi connectivity index (χ3v) is 5.66. The van der Waals surface area contributed by atoms with Gasteiger partial charge in [-0.1, -0.05) is 72.7 Å². The summed E-state index contributed by atoms with van der Waals surface area (Å²) in [6.45, 7) is 22.3. The van der Waals surface area contributed by atoms with Crippen LogP contribution in [0.15, 0.2) is 24.3 Å². The molecule has 0 aromatic heterocycles. The highest BCUT2D eigenvalue weighted by atomic mass is 15.0. The Labute approximate surface area is 188 Å². The van der Waals surface area contributed by atoms with E-state index in [-0.39, 0.29) is 11.6 Å². The van der Waals surface area contributed by atoms with E-state index in [0.717, 1.165) is 32.4 Å². The lowest BCUT2D eigenvalue weighted by Crippen LogP contribution is -2.52. The summed E-state index contributed by atoms with van der Waals surface area (Å²) in [6, 6.07) is 9.91. The van der Waals surface area contributed by atoms with Crippen molar-refractivity contribution in [3.8, 4) is 0 Å². The monoisotopic (exact) mass is 417 g/mol. The number of hydrogen-bond donors (Lipinski definition) is 3. The van der Waals surface area contributed by atoms with Gasteiger partial charge in [0, 0.05) is 30.7 Å². The quantitative estimate of drug-likeness (QED) is 0.364. The first-order chi connectivity index (χ1) is 13.8. The Morgan fingerprint density at radius 3 is 1.93 bits per heavy atom. The lowest BCUT2D eigenvalue weighted by molar-refractivity contribution is 0.314. The summed E-state index contributed by atoms with van der Waals surface area (Å²) in [5.41, 5.74) is 9.51. The predicted molar refractivity (Wildman–Crippen MR) is 134 cm³/mol. The van der Waals surface area contributed by atoms with Gasteiger partial charge in [0.1, 0.15) is 0 Å². The minimum absolute atomic E-state index is 0.0104. The fourth-order valence-corrected chi connectivity index (χ4v) is 3.78. The van der Waals surface area contributed by atoms with E-state index >= 15 is 0 Å². The summed E-state index contributed by atoms with van der Waals surface area (Å²) in [7, 11) is 0. The number of aryl methyl sites for hydroxylation is 1. The van der Waals surface area contributed by atoms with E-state index in [2.05, 4.69) is 97.2 Å². The van der Waals surface area contributed by atoms with Crippen LogP contribution in [0.3, 0.4) is 0 Å². The molecule has 3 heteroatoms. The van der Waals surface area contributed by atoms with Crippen molar-refractivity contribution in [3.05, 3.63) is 35.4 Å². The zero-order valence-electron chi connectivity index (χ0n) is 21.4. The largest absolute Gasteiger partial charge is 0.327 e. The molecule has 1 unspecified atom stereocenters. The lowest BCUT2D eigenvalue weighted by Gasteiger charge is -2.32. The minimum atomic E-state index is 0.0104. The highest BCUT2D eigenvalue weighted by Crippen LogP contribution is 2.25. The topological polar surface area (TPSA) is 50.1 Å². The van der Waals surface area contributed by atoms with Gasteiger partial charge in [0.25, 0.3) is 0 Å². The first-order valence-corrected chi connectivity index (χ1v) is 12.1. The second kappa shape index (κ2) is 12.2. The van der Waals surface area contributed by atoms with Crippen LogP contribution in [-0.2, 0) is 6.42 Å². The number of nitrogens with two attached hydrogens (primary N) is 1. The van der Waals surface area contributed by atoms with Crippen molar-refractivity contribution in [2.24, 2.45) is 23.0 Å². The maximum absolute atomic E-state index is 6.28. The van der Waals surface area contributed by atoms with Gasteiger partial charge in [0.2, 0.25) is 0 Å². The molecule has 1 aromatic rings. The van der Waals surface area contributed by atoms with E-state index in [0.29, 0.717) is 23.3 Å². The molecular weight excluding hydrogens is 366 g/mol. The van der Waals surface area contributed by atoms with Gasteiger partial charge < -0.3 is 16.4 Å². The molecule has 1 rings (SSSR count). The molecule has 0 radical (unpaired) electrons. The fourth-order valence-electron chi connectivity index (χ4n) is 3.78. The number of benzene rings is 1. The van der Waals surface area contributed by atoms with Crippen molar-refractivity contribution >= 4 is 0 Å². The molecule has 4 N–H and O–H groups in total. The van der Waals surface area contributed by atoms with Crippen LogP contribution in [0.2, 0.25) is 0 Å². The van der Waals surface area contributed by atoms with Crippen LogP contribution in [-0.4, -0.2) is 24.7 Å². The average molecular weight is 418 g/mol. The summed E-state index contributed by atoms with van der Waals surface area (Å²) in [5.74, 6) is 1.29. The predicted octanol–water partition coefficient (Wildman–Crippen LogP) is 6.08. The van der Waals surface area contributed by atoms with Crippen molar-refractivity contribution in [2.45, 2.75) is 106 Å². The molecule has 0 aliphatic heterocycles. The third-order valence-electron chi connectivity index (χ3n) is 5.66. The first-order valence-electron chi connectivity index (χ1n) is 12.1. The maximum atomic E-state index is 6.28. The normalized spacial score (nSPS) is 15.1. The van der Waals surface area contributed by atoms with E-state index < -0.39 is 0 Å². The van der Waals surface area contributed by atoms with Gasteiger partial charge in [-0.15, -0.1) is 0 Å². The highest BCUT2D eigenvalue weighted by molar-refractivity contribution is 5.25. The van der Waals surface area contributed by atoms with Gasteiger partial charge >= 0.3 is 0 Å². The van der Waals surface area contributed by atoms with Crippen molar-refractivity contribution in [3.63, 3.8) is 0 Å². The SMILES string of the molecule is CC(C)CC(N)CNC(C)(C)CN[C@@H](CC(C)C)c1ccc(CCC(C)(C)C)cc1. The molecule has 1 aromatic carbocycles. The molecule has 0 spiro atoms. The Balaban J connectivity index is 2.68. The van der Waals surface area contributed by atoms with Gasteiger partial charge in [0.05, 0.1) is 0 Å². The Bertz CT molecular complexity index is 581. The molecule has 174 valence electrons. The summed E-state index contributed by atoms with van der Waals surface area (Å²) in [5, 5.41) is 7.52. The zero-order valence-corrected chi connectivity index (χ0v) is 21.4. The van der Waals surface area contributed by atoms with Crippen molar-refractivity contribution in [2.75, 3.05) is 13.1 Å². The summed E-state index contributed by atoms with van der Waals surface area (Å²) in [6.07, 6.45) is 4.58. The van der Waals surface area contributed by atoms with Crippen molar-refractivity contribution in [1.29, 1.82) is 0 Å². The molecule has 2 atom stereocenters. The van der Waals surface area contributed by atoms with Crippen LogP contribution in [0.4, 0.5) is 0 Å². The van der Waals surface area contributed by atoms with E-state index in [4.69, 9.17) is 5.73 Å². The molecule has 0 bridgehead atoms. The standard InChI is InChI=1S/C27H51N3/c1-20(2)16-24(28)18-30-27(8,9)19-29-25(17-21(3)4)23-12-10-22(11-13-23)14-15-26(5,6)7/h10-13,20-21,24-25,29-30H,14-19,28H2,1-9H3/t24?,25-/m0/s1. The number of hydrogen-bond acceptors (Lipinski definition) is 3. The van der Waals surface area contributed by atoms with E-state index in [1.165, 1.54) is 17.5 Å². The summed E-state index contributed by atoms with van der Waals surface area (Å²) < 4.78 is 0. The average Bonchev–Trinajstić information content (AvgIpc) is 2.61. The molecular formula is C27H51N3. The molecule has 0 fully saturated rings. The summed E-state index contributed by atoms with van der Waals surface area (Å²) in [4.78, 5) is 0. The maximum Gasteiger partial charge on any atom is 0.0323 e. The van der Waals surface area contributed by atoms with Crippen LogP contribution in [0.25, 0.3) is 0 Å². The lowest BCUT2D eigenvalue weighted by atomic mass is 9.88. The van der Waals surface area contributed by atoms with Gasteiger partial charge in [-0.3, -0.25) is 0 Å². The minimum Gasteiger partial charge on any atom is -0.327 e. The Kier molecular flexibility index (Phi) is 11.0.